The van der Waals surface area contributed by atoms with Crippen molar-refractivity contribution in [3.63, 3.8) is 0 Å². The Kier molecular flexibility index (Phi) is 7.75. The lowest BCUT2D eigenvalue weighted by molar-refractivity contribution is -0.120. The summed E-state index contributed by atoms with van der Waals surface area (Å²) >= 11 is 1.17. The number of aryl methyl sites for hydroxylation is 1. The first kappa shape index (κ1) is 25.1. The van der Waals surface area contributed by atoms with E-state index >= 15 is 0 Å². The molecule has 3 aromatic carbocycles. The van der Waals surface area contributed by atoms with Crippen LogP contribution in [0.25, 0.3) is 0 Å². The summed E-state index contributed by atoms with van der Waals surface area (Å²) in [5, 5.41) is 13.3. The number of thioether (sulfide) groups is 1. The van der Waals surface area contributed by atoms with Crippen LogP contribution in [0.5, 0.6) is 5.75 Å². The molecule has 184 valence electrons. The summed E-state index contributed by atoms with van der Waals surface area (Å²) in [6.07, 6.45) is 1.69. The number of phenolic OH excluding ortho intramolecular Hbond substituents is 1. The number of rotatable bonds is 9. The molecule has 0 aliphatic carbocycles. The second-order valence-corrected chi connectivity index (χ2v) is 9.33. The Balaban J connectivity index is 1.64. The molecular formula is C28H26N2O5S. The number of nitrogens with one attached hydrogen (secondary N) is 1. The van der Waals surface area contributed by atoms with Crippen molar-refractivity contribution in [1.82, 2.24) is 0 Å². The third-order valence-corrected chi connectivity index (χ3v) is 6.60. The molecule has 3 aromatic rings. The number of benzene rings is 3. The van der Waals surface area contributed by atoms with Crippen LogP contribution >= 0.6 is 11.8 Å². The molecule has 1 heterocycles. The van der Waals surface area contributed by atoms with Gasteiger partial charge in [0.1, 0.15) is 16.4 Å². The molecule has 1 aliphatic rings. The van der Waals surface area contributed by atoms with Crippen LogP contribution in [0.1, 0.15) is 35.7 Å². The Morgan fingerprint density at radius 1 is 1.00 bits per heavy atom. The third kappa shape index (κ3) is 5.44. The standard InChI is InChI=1S/C28H26N2O5S/c1-3-4-16-35-28(34)19-11-13-20(14-12-19)30-26(32)24(29-22-17-18(2)10-15-23(22)31)25(27(30)33)36-21-8-6-5-7-9-21/h5-15,17,29,31H,3-4,16H2,1-2H3. The lowest BCUT2D eigenvalue weighted by Gasteiger charge is -2.16. The van der Waals surface area contributed by atoms with Gasteiger partial charge in [-0.25, -0.2) is 9.69 Å². The van der Waals surface area contributed by atoms with Gasteiger partial charge in [0.05, 0.1) is 23.5 Å². The highest BCUT2D eigenvalue weighted by molar-refractivity contribution is 8.04. The van der Waals surface area contributed by atoms with Crippen molar-refractivity contribution in [2.24, 2.45) is 0 Å². The van der Waals surface area contributed by atoms with Gasteiger partial charge < -0.3 is 15.2 Å². The Morgan fingerprint density at radius 3 is 2.42 bits per heavy atom. The van der Waals surface area contributed by atoms with Crippen molar-refractivity contribution < 1.29 is 24.2 Å². The van der Waals surface area contributed by atoms with Gasteiger partial charge in [-0.1, -0.05) is 49.4 Å². The summed E-state index contributed by atoms with van der Waals surface area (Å²) in [7, 11) is 0. The summed E-state index contributed by atoms with van der Waals surface area (Å²) in [6, 6.07) is 20.4. The highest BCUT2D eigenvalue weighted by Crippen LogP contribution is 2.39. The van der Waals surface area contributed by atoms with Crippen LogP contribution in [0.3, 0.4) is 0 Å². The highest BCUT2D eigenvalue weighted by Gasteiger charge is 2.40. The minimum Gasteiger partial charge on any atom is -0.506 e. The van der Waals surface area contributed by atoms with Crippen LogP contribution in [0.4, 0.5) is 11.4 Å². The molecular weight excluding hydrogens is 476 g/mol. The molecule has 7 nitrogen and oxygen atoms in total. The van der Waals surface area contributed by atoms with Gasteiger partial charge >= 0.3 is 5.97 Å². The van der Waals surface area contributed by atoms with Crippen LogP contribution in [0, 0.1) is 6.92 Å². The molecule has 2 N–H and O–H groups in total. The van der Waals surface area contributed by atoms with E-state index < -0.39 is 17.8 Å². The maximum absolute atomic E-state index is 13.5. The average molecular weight is 503 g/mol. The topological polar surface area (TPSA) is 95.9 Å². The molecule has 0 radical (unpaired) electrons. The van der Waals surface area contributed by atoms with Crippen LogP contribution in [-0.2, 0) is 14.3 Å². The SMILES string of the molecule is CCCCOC(=O)c1ccc(N2C(=O)C(Nc3cc(C)ccc3O)=C(Sc3ccccc3)C2=O)cc1. The number of anilines is 2. The monoisotopic (exact) mass is 502 g/mol. The van der Waals surface area contributed by atoms with Crippen molar-refractivity contribution in [3.05, 3.63) is 94.5 Å². The van der Waals surface area contributed by atoms with Gasteiger partial charge in [-0.05, 0) is 67.4 Å². The number of ether oxygens (including phenoxy) is 1. The van der Waals surface area contributed by atoms with Crippen molar-refractivity contribution in [3.8, 4) is 5.75 Å². The van der Waals surface area contributed by atoms with Gasteiger partial charge in [0.2, 0.25) is 0 Å². The number of carbonyl (C=O) groups excluding carboxylic acids is 3. The first-order chi connectivity index (χ1) is 17.4. The Labute approximate surface area is 213 Å². The quantitative estimate of drug-likeness (QED) is 0.169. The van der Waals surface area contributed by atoms with Crippen LogP contribution in [0.15, 0.2) is 88.3 Å². The number of hydrogen-bond donors (Lipinski definition) is 2. The van der Waals surface area contributed by atoms with E-state index in [2.05, 4.69) is 5.32 Å². The summed E-state index contributed by atoms with van der Waals surface area (Å²) in [5.74, 6) is -1.55. The van der Waals surface area contributed by atoms with E-state index in [0.29, 0.717) is 23.5 Å². The van der Waals surface area contributed by atoms with Gasteiger partial charge in [0, 0.05) is 4.90 Å². The van der Waals surface area contributed by atoms with Crippen molar-refractivity contribution in [2.45, 2.75) is 31.6 Å². The molecule has 0 saturated heterocycles. The van der Waals surface area contributed by atoms with Crippen LogP contribution < -0.4 is 10.2 Å². The number of nitrogens with zero attached hydrogens (tertiary/aromatic N) is 1. The number of hydrogen-bond acceptors (Lipinski definition) is 7. The first-order valence-electron chi connectivity index (χ1n) is 11.6. The molecule has 36 heavy (non-hydrogen) atoms. The van der Waals surface area contributed by atoms with Crippen LogP contribution in [-0.4, -0.2) is 29.5 Å². The predicted octanol–water partition coefficient (Wildman–Crippen LogP) is 5.65. The molecule has 0 aromatic heterocycles. The molecule has 4 rings (SSSR count). The predicted molar refractivity (Wildman–Crippen MR) is 140 cm³/mol. The molecule has 0 saturated carbocycles. The zero-order valence-electron chi connectivity index (χ0n) is 20.0. The van der Waals surface area contributed by atoms with Gasteiger partial charge in [0.25, 0.3) is 11.8 Å². The largest absolute Gasteiger partial charge is 0.506 e. The summed E-state index contributed by atoms with van der Waals surface area (Å²) in [6.45, 7) is 4.21. The smallest absolute Gasteiger partial charge is 0.338 e. The van der Waals surface area contributed by atoms with E-state index in [1.807, 2.05) is 44.2 Å². The number of phenols is 1. The first-order valence-corrected chi connectivity index (χ1v) is 12.4. The fourth-order valence-corrected chi connectivity index (χ4v) is 4.53. The number of amides is 2. The van der Waals surface area contributed by atoms with Gasteiger partial charge in [-0.15, -0.1) is 0 Å². The number of unbranched alkanes of at least 4 members (excludes halogenated alkanes) is 1. The number of carbonyl (C=O) groups is 3. The fourth-order valence-electron chi connectivity index (χ4n) is 3.58. The molecule has 1 aliphatic heterocycles. The maximum Gasteiger partial charge on any atom is 0.338 e. The van der Waals surface area contributed by atoms with E-state index in [4.69, 9.17) is 4.74 Å². The molecule has 2 amide bonds. The fraction of sp³-hybridized carbons (Fsp3) is 0.179. The average Bonchev–Trinajstić information content (AvgIpc) is 3.11. The van der Waals surface area contributed by atoms with E-state index in [0.717, 1.165) is 28.2 Å². The molecule has 0 atom stereocenters. The lowest BCUT2D eigenvalue weighted by atomic mass is 10.2. The zero-order chi connectivity index (χ0) is 25.7. The summed E-state index contributed by atoms with van der Waals surface area (Å²) < 4.78 is 5.23. The van der Waals surface area contributed by atoms with Gasteiger partial charge in [-0.2, -0.15) is 0 Å². The Hall–Kier alpha value is -4.04. The van der Waals surface area contributed by atoms with E-state index in [1.165, 1.54) is 30.0 Å². The lowest BCUT2D eigenvalue weighted by Crippen LogP contribution is -2.32. The number of aromatic hydroxyl groups is 1. The van der Waals surface area contributed by atoms with Crippen molar-refractivity contribution >= 4 is 40.9 Å². The summed E-state index contributed by atoms with van der Waals surface area (Å²) in [5.41, 5.74) is 1.93. The van der Waals surface area contributed by atoms with Crippen molar-refractivity contribution in [1.29, 1.82) is 0 Å². The minimum absolute atomic E-state index is 0.0400. The Morgan fingerprint density at radius 2 is 1.72 bits per heavy atom. The molecule has 0 spiro atoms. The van der Waals surface area contributed by atoms with Gasteiger partial charge in [0.15, 0.2) is 0 Å². The Bertz CT molecular complexity index is 1320. The molecule has 0 unspecified atom stereocenters. The zero-order valence-corrected chi connectivity index (χ0v) is 20.8. The highest BCUT2D eigenvalue weighted by atomic mass is 32.2. The molecule has 0 fully saturated rings. The van der Waals surface area contributed by atoms with Crippen LogP contribution in [0.2, 0.25) is 0 Å². The molecule has 8 heteroatoms. The number of esters is 1. The number of imide groups is 1. The molecule has 0 bridgehead atoms. The van der Waals surface area contributed by atoms with E-state index in [-0.39, 0.29) is 16.4 Å². The minimum atomic E-state index is -0.558. The normalized spacial score (nSPS) is 13.3. The van der Waals surface area contributed by atoms with Crippen molar-refractivity contribution in [2.75, 3.05) is 16.8 Å². The third-order valence-electron chi connectivity index (χ3n) is 5.51. The second kappa shape index (κ2) is 11.1. The van der Waals surface area contributed by atoms with Gasteiger partial charge in [-0.3, -0.25) is 9.59 Å². The van der Waals surface area contributed by atoms with E-state index in [1.54, 1.807) is 24.3 Å². The second-order valence-electron chi connectivity index (χ2n) is 8.25. The summed E-state index contributed by atoms with van der Waals surface area (Å²) in [4.78, 5) is 41.3. The maximum atomic E-state index is 13.5. The van der Waals surface area contributed by atoms with E-state index in [9.17, 15) is 19.5 Å².